The minimum absolute atomic E-state index is 0.259. The summed E-state index contributed by atoms with van der Waals surface area (Å²) in [7, 11) is 1.90. The smallest absolute Gasteiger partial charge is 0.148 e. The Bertz CT molecular complexity index is 330. The predicted octanol–water partition coefficient (Wildman–Crippen LogP) is 2.60. The molecular weight excluding hydrogens is 211 g/mol. The van der Waals surface area contributed by atoms with Crippen molar-refractivity contribution >= 4 is 23.1 Å². The first-order valence-corrected chi connectivity index (χ1v) is 6.22. The number of thioether (sulfide) groups is 1. The van der Waals surface area contributed by atoms with Crippen LogP contribution in [0, 0.1) is 5.82 Å². The molecule has 0 bridgehead atoms. The lowest BCUT2D eigenvalue weighted by molar-refractivity contribution is 0.615. The van der Waals surface area contributed by atoms with Crippen LogP contribution in [0.1, 0.15) is 6.92 Å². The van der Waals surface area contributed by atoms with Crippen molar-refractivity contribution < 1.29 is 4.39 Å². The van der Waals surface area contributed by atoms with Crippen LogP contribution < -0.4 is 10.6 Å². The van der Waals surface area contributed by atoms with Gasteiger partial charge in [0.25, 0.3) is 0 Å². The Hall–Kier alpha value is -0.900. The summed E-state index contributed by atoms with van der Waals surface area (Å²) in [6.45, 7) is 2.08. The normalized spacial score (nSPS) is 12.5. The minimum Gasteiger partial charge on any atom is -0.399 e. The van der Waals surface area contributed by atoms with Gasteiger partial charge in [-0.15, -0.1) is 0 Å². The van der Waals surface area contributed by atoms with Crippen LogP contribution >= 0.6 is 11.8 Å². The van der Waals surface area contributed by atoms with Crippen LogP contribution in [0.25, 0.3) is 0 Å². The van der Waals surface area contributed by atoms with Crippen LogP contribution in [-0.2, 0) is 0 Å². The molecule has 0 radical (unpaired) electrons. The van der Waals surface area contributed by atoms with Gasteiger partial charge in [0, 0.05) is 24.5 Å². The summed E-state index contributed by atoms with van der Waals surface area (Å²) >= 11 is 1.75. The molecule has 1 aromatic rings. The fraction of sp³-hybridized carbons (Fsp3) is 0.455. The van der Waals surface area contributed by atoms with Crippen LogP contribution in [0.3, 0.4) is 0 Å². The molecule has 0 amide bonds. The Labute approximate surface area is 94.6 Å². The van der Waals surface area contributed by atoms with Crippen LogP contribution in [0.5, 0.6) is 0 Å². The van der Waals surface area contributed by atoms with Crippen LogP contribution in [-0.4, -0.2) is 25.1 Å². The largest absolute Gasteiger partial charge is 0.399 e. The van der Waals surface area contributed by atoms with Gasteiger partial charge in [-0.05, 0) is 31.4 Å². The van der Waals surface area contributed by atoms with Gasteiger partial charge in [-0.25, -0.2) is 4.39 Å². The van der Waals surface area contributed by atoms with E-state index in [9.17, 15) is 4.39 Å². The van der Waals surface area contributed by atoms with Crippen molar-refractivity contribution in [2.75, 3.05) is 29.7 Å². The van der Waals surface area contributed by atoms with Gasteiger partial charge < -0.3 is 10.6 Å². The second-order valence-corrected chi connectivity index (χ2v) is 4.54. The van der Waals surface area contributed by atoms with Gasteiger partial charge in [-0.2, -0.15) is 11.8 Å². The number of halogens is 1. The third-order valence-electron chi connectivity index (χ3n) is 2.42. The van der Waals surface area contributed by atoms with Gasteiger partial charge in [0.2, 0.25) is 0 Å². The van der Waals surface area contributed by atoms with Gasteiger partial charge >= 0.3 is 0 Å². The van der Waals surface area contributed by atoms with Gasteiger partial charge in [0.05, 0.1) is 5.69 Å². The molecular formula is C11H17FN2S. The Kier molecular flexibility index (Phi) is 4.27. The summed E-state index contributed by atoms with van der Waals surface area (Å²) < 4.78 is 13.6. The van der Waals surface area contributed by atoms with Gasteiger partial charge in [-0.3, -0.25) is 0 Å². The third kappa shape index (κ3) is 3.02. The molecule has 0 fully saturated rings. The van der Waals surface area contributed by atoms with E-state index < -0.39 is 0 Å². The summed E-state index contributed by atoms with van der Waals surface area (Å²) in [5.41, 5.74) is 6.56. The molecule has 1 atom stereocenters. The maximum absolute atomic E-state index is 13.6. The van der Waals surface area contributed by atoms with E-state index >= 15 is 0 Å². The number of benzene rings is 1. The fourth-order valence-corrected chi connectivity index (χ4v) is 2.11. The van der Waals surface area contributed by atoms with Crippen molar-refractivity contribution in [2.45, 2.75) is 13.0 Å². The Balaban J connectivity index is 2.86. The number of nitrogens with two attached hydrogens (primary N) is 1. The number of nitrogen functional groups attached to an aromatic ring is 1. The predicted molar refractivity (Wildman–Crippen MR) is 67.1 cm³/mol. The van der Waals surface area contributed by atoms with Crippen molar-refractivity contribution in [1.29, 1.82) is 0 Å². The molecule has 0 saturated heterocycles. The minimum atomic E-state index is -0.259. The fourth-order valence-electron chi connectivity index (χ4n) is 1.40. The standard InChI is InChI=1S/C11H17FN2S/c1-8(7-15-3)14(2)11-5-4-9(13)6-10(11)12/h4-6,8H,7,13H2,1-3H3. The molecule has 0 aromatic heterocycles. The van der Waals surface area contributed by atoms with Crippen molar-refractivity contribution in [2.24, 2.45) is 0 Å². The highest BCUT2D eigenvalue weighted by atomic mass is 32.2. The average Bonchev–Trinajstić information content (AvgIpc) is 2.17. The number of hydrogen-bond donors (Lipinski definition) is 1. The molecule has 1 rings (SSSR count). The summed E-state index contributed by atoms with van der Waals surface area (Å²) in [4.78, 5) is 1.94. The molecule has 0 aliphatic carbocycles. The van der Waals surface area contributed by atoms with Crippen LogP contribution in [0.4, 0.5) is 15.8 Å². The summed E-state index contributed by atoms with van der Waals surface area (Å²) in [6, 6.07) is 5.11. The van der Waals surface area contributed by atoms with E-state index in [1.165, 1.54) is 6.07 Å². The molecule has 4 heteroatoms. The SMILES string of the molecule is CSCC(C)N(C)c1ccc(N)cc1F. The van der Waals surface area contributed by atoms with Gasteiger partial charge in [0.15, 0.2) is 0 Å². The number of hydrogen-bond acceptors (Lipinski definition) is 3. The monoisotopic (exact) mass is 228 g/mol. The topological polar surface area (TPSA) is 29.3 Å². The van der Waals surface area contributed by atoms with E-state index in [0.717, 1.165) is 5.75 Å². The second-order valence-electron chi connectivity index (χ2n) is 3.63. The zero-order valence-corrected chi connectivity index (χ0v) is 10.1. The molecule has 15 heavy (non-hydrogen) atoms. The number of nitrogens with zero attached hydrogens (tertiary/aromatic N) is 1. The Morgan fingerprint density at radius 3 is 2.73 bits per heavy atom. The highest BCUT2D eigenvalue weighted by Gasteiger charge is 2.13. The summed E-state index contributed by atoms with van der Waals surface area (Å²) in [5.74, 6) is 0.714. The van der Waals surface area contributed by atoms with E-state index in [2.05, 4.69) is 6.92 Å². The Morgan fingerprint density at radius 2 is 2.20 bits per heavy atom. The van der Waals surface area contributed by atoms with Crippen molar-refractivity contribution in [3.8, 4) is 0 Å². The maximum Gasteiger partial charge on any atom is 0.148 e. The second kappa shape index (κ2) is 5.26. The van der Waals surface area contributed by atoms with Gasteiger partial charge in [0.1, 0.15) is 5.82 Å². The quantitative estimate of drug-likeness (QED) is 0.803. The molecule has 1 aromatic carbocycles. The number of anilines is 2. The molecule has 0 aliphatic heterocycles. The lowest BCUT2D eigenvalue weighted by Crippen LogP contribution is -2.31. The maximum atomic E-state index is 13.6. The third-order valence-corrected chi connectivity index (χ3v) is 3.24. The van der Waals surface area contributed by atoms with Crippen molar-refractivity contribution in [1.82, 2.24) is 0 Å². The van der Waals surface area contributed by atoms with Crippen LogP contribution in [0.2, 0.25) is 0 Å². The van der Waals surface area contributed by atoms with E-state index in [0.29, 0.717) is 17.4 Å². The van der Waals surface area contributed by atoms with E-state index in [4.69, 9.17) is 5.73 Å². The van der Waals surface area contributed by atoms with Crippen molar-refractivity contribution in [3.63, 3.8) is 0 Å². The Morgan fingerprint density at radius 1 is 1.53 bits per heavy atom. The van der Waals surface area contributed by atoms with E-state index in [1.54, 1.807) is 23.9 Å². The molecule has 2 nitrogen and oxygen atoms in total. The average molecular weight is 228 g/mol. The first kappa shape index (κ1) is 12.2. The highest BCUT2D eigenvalue weighted by Crippen LogP contribution is 2.22. The molecule has 84 valence electrons. The summed E-state index contributed by atoms with van der Waals surface area (Å²) in [5, 5.41) is 0. The van der Waals surface area contributed by atoms with Gasteiger partial charge in [-0.1, -0.05) is 0 Å². The lowest BCUT2D eigenvalue weighted by Gasteiger charge is -2.26. The molecule has 2 N–H and O–H groups in total. The molecule has 0 saturated carbocycles. The van der Waals surface area contributed by atoms with E-state index in [-0.39, 0.29) is 5.82 Å². The molecule has 0 heterocycles. The van der Waals surface area contributed by atoms with Crippen LogP contribution in [0.15, 0.2) is 18.2 Å². The zero-order chi connectivity index (χ0) is 11.4. The lowest BCUT2D eigenvalue weighted by atomic mass is 10.2. The first-order chi connectivity index (χ1) is 7.06. The first-order valence-electron chi connectivity index (χ1n) is 4.83. The highest BCUT2D eigenvalue weighted by molar-refractivity contribution is 7.98. The van der Waals surface area contributed by atoms with E-state index in [1.807, 2.05) is 18.2 Å². The number of rotatable bonds is 4. The molecule has 1 unspecified atom stereocenters. The zero-order valence-electron chi connectivity index (χ0n) is 9.33. The molecule has 0 aliphatic rings. The van der Waals surface area contributed by atoms with Crippen molar-refractivity contribution in [3.05, 3.63) is 24.0 Å². The summed E-state index contributed by atoms with van der Waals surface area (Å²) in [6.07, 6.45) is 2.05. The molecule has 0 spiro atoms.